The molecule has 0 aromatic heterocycles. The minimum Gasteiger partial charge on any atom is -0.404 e. The Morgan fingerprint density at radius 1 is 1.41 bits per heavy atom. The predicted molar refractivity (Wildman–Crippen MR) is 107 cm³/mol. The number of Topliss-reactive ketones (excluding diaryl/α,β-unsaturated/α-hetero) is 1. The van der Waals surface area contributed by atoms with Crippen molar-refractivity contribution in [2.75, 3.05) is 5.32 Å². The van der Waals surface area contributed by atoms with Gasteiger partial charge in [-0.2, -0.15) is 0 Å². The molecule has 8 N–H and O–H groups in total. The van der Waals surface area contributed by atoms with Crippen LogP contribution in [0.1, 0.15) is 31.7 Å². The molecule has 0 heterocycles. The number of anilines is 1. The molecule has 146 valence electrons. The molecule has 0 aliphatic heterocycles. The van der Waals surface area contributed by atoms with Crippen LogP contribution in [0.15, 0.2) is 41.0 Å². The van der Waals surface area contributed by atoms with E-state index in [1.807, 2.05) is 38.1 Å². The van der Waals surface area contributed by atoms with E-state index in [-0.39, 0.29) is 23.2 Å². The lowest BCUT2D eigenvalue weighted by Crippen LogP contribution is -2.54. The van der Waals surface area contributed by atoms with Crippen LogP contribution in [0, 0.1) is 6.92 Å². The van der Waals surface area contributed by atoms with Gasteiger partial charge in [-0.25, -0.2) is 4.99 Å². The van der Waals surface area contributed by atoms with E-state index >= 15 is 0 Å². The first-order valence-corrected chi connectivity index (χ1v) is 8.99. The van der Waals surface area contributed by atoms with Crippen LogP contribution in [-0.4, -0.2) is 35.8 Å². The third kappa shape index (κ3) is 5.63. The fourth-order valence-electron chi connectivity index (χ4n) is 3.10. The first-order valence-electron chi connectivity index (χ1n) is 8.99. The van der Waals surface area contributed by atoms with Gasteiger partial charge in [0.2, 0.25) is 0 Å². The summed E-state index contributed by atoms with van der Waals surface area (Å²) in [5.74, 6) is -0.382. The number of rotatable bonds is 6. The molecule has 0 saturated heterocycles. The van der Waals surface area contributed by atoms with Crippen LogP contribution in [0.5, 0.6) is 0 Å². The Kier molecular flexibility index (Phi) is 7.09. The number of amides is 1. The Bertz CT molecular complexity index is 758. The monoisotopic (exact) mass is 372 g/mol. The lowest BCUT2D eigenvalue weighted by atomic mass is 9.90. The number of hydrogen-bond acceptors (Lipinski definition) is 6. The third-order valence-corrected chi connectivity index (χ3v) is 4.49. The van der Waals surface area contributed by atoms with E-state index in [4.69, 9.17) is 17.2 Å². The second-order valence-corrected chi connectivity index (χ2v) is 6.75. The van der Waals surface area contributed by atoms with E-state index in [2.05, 4.69) is 15.6 Å². The first-order chi connectivity index (χ1) is 12.8. The molecule has 1 aromatic rings. The zero-order chi connectivity index (χ0) is 20.0. The summed E-state index contributed by atoms with van der Waals surface area (Å²) < 4.78 is 0. The van der Waals surface area contributed by atoms with Crippen LogP contribution in [0.25, 0.3) is 0 Å². The van der Waals surface area contributed by atoms with Crippen LogP contribution in [0.3, 0.4) is 0 Å². The Morgan fingerprint density at radius 3 is 2.78 bits per heavy atom. The van der Waals surface area contributed by atoms with Crippen molar-refractivity contribution in [3.63, 3.8) is 0 Å². The maximum atomic E-state index is 11.8. The number of nitrogens with one attached hydrogen (secondary N) is 2. The zero-order valence-electron chi connectivity index (χ0n) is 15.7. The van der Waals surface area contributed by atoms with Gasteiger partial charge in [0.1, 0.15) is 5.84 Å². The minimum atomic E-state index is -0.687. The van der Waals surface area contributed by atoms with Gasteiger partial charge in [-0.3, -0.25) is 14.9 Å². The molecule has 1 aromatic carbocycles. The maximum Gasteiger partial charge on any atom is 0.253 e. The molecule has 1 saturated carbocycles. The van der Waals surface area contributed by atoms with Gasteiger partial charge in [-0.1, -0.05) is 12.1 Å². The smallest absolute Gasteiger partial charge is 0.253 e. The number of amidine groups is 1. The van der Waals surface area contributed by atoms with Crippen LogP contribution in [0.4, 0.5) is 5.69 Å². The first kappa shape index (κ1) is 20.6. The summed E-state index contributed by atoms with van der Waals surface area (Å²) in [6.07, 6.45) is 2.83. The zero-order valence-corrected chi connectivity index (χ0v) is 15.7. The lowest BCUT2D eigenvalue weighted by Gasteiger charge is -2.30. The number of carbonyl (C=O) groups is 2. The second kappa shape index (κ2) is 9.29. The summed E-state index contributed by atoms with van der Waals surface area (Å²) in [4.78, 5) is 28.1. The van der Waals surface area contributed by atoms with Gasteiger partial charge in [0, 0.05) is 24.4 Å². The van der Waals surface area contributed by atoms with E-state index in [1.54, 1.807) is 0 Å². The van der Waals surface area contributed by atoms with E-state index in [0.29, 0.717) is 6.42 Å². The van der Waals surface area contributed by atoms with Crippen molar-refractivity contribution in [2.45, 2.75) is 51.4 Å². The van der Waals surface area contributed by atoms with Crippen molar-refractivity contribution >= 4 is 23.2 Å². The number of ketones is 1. The molecule has 0 spiro atoms. The van der Waals surface area contributed by atoms with Gasteiger partial charge in [-0.15, -0.1) is 0 Å². The van der Waals surface area contributed by atoms with Gasteiger partial charge in [0.05, 0.1) is 17.8 Å². The lowest BCUT2D eigenvalue weighted by molar-refractivity contribution is -0.122. The molecule has 1 unspecified atom stereocenters. The second-order valence-electron chi connectivity index (χ2n) is 6.75. The summed E-state index contributed by atoms with van der Waals surface area (Å²) in [7, 11) is 0. The van der Waals surface area contributed by atoms with Crippen molar-refractivity contribution in [3.8, 4) is 0 Å². The number of hydrogen-bond donors (Lipinski definition) is 5. The standard InChI is InChI=1S/C19H28N6O2/c1-11-5-3-6-13(9-11)25-19(14(10-20)18(22)27)24-12(2)23-15-7-4-8-16(26)17(15)21/h3,5-6,9-10,12,15,17,23H,4,7-8,20-21H2,1-2H3,(H2,22,27)(H,24,25)/b14-10-/t12?,15-,17-/m1/s1. The van der Waals surface area contributed by atoms with Crippen LogP contribution >= 0.6 is 0 Å². The summed E-state index contributed by atoms with van der Waals surface area (Å²) in [6.45, 7) is 3.78. The number of benzene rings is 1. The molecule has 2 rings (SSSR count). The van der Waals surface area contributed by atoms with E-state index < -0.39 is 18.1 Å². The largest absolute Gasteiger partial charge is 0.404 e. The molecule has 0 bridgehead atoms. The number of nitrogens with two attached hydrogens (primary N) is 3. The number of nitrogens with zero attached hydrogens (tertiary/aromatic N) is 1. The van der Waals surface area contributed by atoms with Crippen LogP contribution in [0.2, 0.25) is 0 Å². The Labute approximate surface area is 159 Å². The molecule has 3 atom stereocenters. The number of carbonyl (C=O) groups excluding carboxylic acids is 2. The van der Waals surface area contributed by atoms with E-state index in [9.17, 15) is 9.59 Å². The fourth-order valence-corrected chi connectivity index (χ4v) is 3.10. The molecule has 8 nitrogen and oxygen atoms in total. The van der Waals surface area contributed by atoms with Crippen molar-refractivity contribution in [1.29, 1.82) is 0 Å². The normalized spacial score (nSPS) is 22.4. The van der Waals surface area contributed by atoms with Crippen molar-refractivity contribution in [2.24, 2.45) is 22.2 Å². The van der Waals surface area contributed by atoms with Gasteiger partial charge in [-0.05, 0) is 44.4 Å². The van der Waals surface area contributed by atoms with Gasteiger partial charge in [0.25, 0.3) is 5.91 Å². The summed E-state index contributed by atoms with van der Waals surface area (Å²) in [5.41, 5.74) is 18.9. The molecule has 1 fully saturated rings. The molecule has 27 heavy (non-hydrogen) atoms. The van der Waals surface area contributed by atoms with Gasteiger partial charge in [0.15, 0.2) is 5.78 Å². The predicted octanol–water partition coefficient (Wildman–Crippen LogP) is 0.518. The Morgan fingerprint density at radius 2 is 2.15 bits per heavy atom. The summed E-state index contributed by atoms with van der Waals surface area (Å²) in [6, 6.07) is 6.90. The molecular weight excluding hydrogens is 344 g/mol. The highest BCUT2D eigenvalue weighted by molar-refractivity contribution is 6.24. The highest BCUT2D eigenvalue weighted by Crippen LogP contribution is 2.16. The van der Waals surface area contributed by atoms with Crippen molar-refractivity contribution < 1.29 is 9.59 Å². The molecule has 8 heteroatoms. The average molecular weight is 372 g/mol. The van der Waals surface area contributed by atoms with E-state index in [1.165, 1.54) is 0 Å². The van der Waals surface area contributed by atoms with Crippen molar-refractivity contribution in [1.82, 2.24) is 5.32 Å². The fraction of sp³-hybridized carbons (Fsp3) is 0.421. The minimum absolute atomic E-state index is 0.0488. The molecular formula is C19H28N6O2. The van der Waals surface area contributed by atoms with Crippen LogP contribution < -0.4 is 27.8 Å². The average Bonchev–Trinajstić information content (AvgIpc) is 2.59. The number of primary amides is 1. The Hall–Kier alpha value is -2.71. The topological polar surface area (TPSA) is 149 Å². The molecule has 1 aliphatic carbocycles. The quantitative estimate of drug-likeness (QED) is 0.279. The van der Waals surface area contributed by atoms with Gasteiger partial charge < -0.3 is 22.5 Å². The molecule has 1 aliphatic rings. The number of aliphatic imine (C=N–C) groups is 1. The molecule has 0 radical (unpaired) electrons. The highest BCUT2D eigenvalue weighted by atomic mass is 16.1. The van der Waals surface area contributed by atoms with Crippen LogP contribution in [-0.2, 0) is 9.59 Å². The summed E-state index contributed by atoms with van der Waals surface area (Å²) in [5, 5.41) is 6.35. The highest BCUT2D eigenvalue weighted by Gasteiger charge is 2.29. The Balaban J connectivity index is 2.23. The SMILES string of the molecule is Cc1cccc(NC(=NC(C)N[C@@H]2CCCC(=O)[C@@H]2N)/C(=C\N)C(N)=O)c1. The van der Waals surface area contributed by atoms with Gasteiger partial charge >= 0.3 is 0 Å². The van der Waals surface area contributed by atoms with E-state index in [0.717, 1.165) is 30.3 Å². The summed E-state index contributed by atoms with van der Waals surface area (Å²) >= 11 is 0. The van der Waals surface area contributed by atoms with Crippen molar-refractivity contribution in [3.05, 3.63) is 41.6 Å². The number of aryl methyl sites for hydroxylation is 1. The molecule has 1 amide bonds. The third-order valence-electron chi connectivity index (χ3n) is 4.49. The maximum absolute atomic E-state index is 11.8.